The quantitative estimate of drug-likeness (QED) is 0.768. The number of nitrogens with two attached hydrogens (primary N) is 1. The van der Waals surface area contributed by atoms with E-state index in [0.717, 1.165) is 8.95 Å². The van der Waals surface area contributed by atoms with Crippen molar-refractivity contribution in [3.05, 3.63) is 51.4 Å². The first-order valence-electron chi connectivity index (χ1n) is 5.78. The van der Waals surface area contributed by atoms with E-state index in [1.165, 1.54) is 0 Å². The van der Waals surface area contributed by atoms with Crippen LogP contribution in [0, 0.1) is 0 Å². The number of carbonyl (C=O) groups is 1. The van der Waals surface area contributed by atoms with Gasteiger partial charge >= 0.3 is 0 Å². The molecule has 104 valence electrons. The number of hydrogen-bond acceptors (Lipinski definition) is 3. The van der Waals surface area contributed by atoms with Crippen LogP contribution in [0.4, 0.5) is 11.4 Å². The molecule has 0 aliphatic heterocycles. The monoisotopic (exact) mass is 398 g/mol. The topological polar surface area (TPSA) is 64.3 Å². The SMILES string of the molecule is Nc1cc(Br)cc(OCC(=O)Nc2ccccc2Br)c1. The van der Waals surface area contributed by atoms with Crippen molar-refractivity contribution in [2.24, 2.45) is 0 Å². The summed E-state index contributed by atoms with van der Waals surface area (Å²) in [6.07, 6.45) is 0. The molecule has 0 unspecified atom stereocenters. The molecule has 0 aromatic heterocycles. The largest absolute Gasteiger partial charge is 0.484 e. The van der Waals surface area contributed by atoms with Crippen LogP contribution >= 0.6 is 31.9 Å². The predicted molar refractivity (Wildman–Crippen MR) is 86.8 cm³/mol. The lowest BCUT2D eigenvalue weighted by Crippen LogP contribution is -2.20. The molecule has 0 bridgehead atoms. The third kappa shape index (κ3) is 4.25. The summed E-state index contributed by atoms with van der Waals surface area (Å²) in [6, 6.07) is 12.5. The Morgan fingerprint density at radius 3 is 2.65 bits per heavy atom. The van der Waals surface area contributed by atoms with Gasteiger partial charge in [0.2, 0.25) is 0 Å². The highest BCUT2D eigenvalue weighted by Gasteiger charge is 2.06. The molecule has 2 aromatic rings. The third-order valence-corrected chi connectivity index (χ3v) is 3.56. The molecule has 0 heterocycles. The van der Waals surface area contributed by atoms with Gasteiger partial charge in [-0.3, -0.25) is 4.79 Å². The Labute approximate surface area is 133 Å². The second kappa shape index (κ2) is 6.76. The van der Waals surface area contributed by atoms with Gasteiger partial charge in [-0.2, -0.15) is 0 Å². The van der Waals surface area contributed by atoms with Crippen LogP contribution in [-0.4, -0.2) is 12.5 Å². The standard InChI is InChI=1S/C14H12Br2N2O2/c15-9-5-10(17)7-11(6-9)20-8-14(19)18-13-4-2-1-3-12(13)16/h1-7H,8,17H2,(H,18,19). The molecule has 3 N–H and O–H groups in total. The molecule has 0 radical (unpaired) electrons. The van der Waals surface area contributed by atoms with Gasteiger partial charge in [-0.05, 0) is 40.2 Å². The second-order valence-electron chi connectivity index (χ2n) is 4.04. The van der Waals surface area contributed by atoms with Crippen LogP contribution < -0.4 is 15.8 Å². The maximum atomic E-state index is 11.8. The maximum absolute atomic E-state index is 11.8. The molecule has 0 atom stereocenters. The Morgan fingerprint density at radius 1 is 1.20 bits per heavy atom. The molecule has 0 saturated heterocycles. The Hall–Kier alpha value is -1.53. The van der Waals surface area contributed by atoms with Crippen molar-refractivity contribution in [2.75, 3.05) is 17.7 Å². The molecule has 0 aliphatic carbocycles. The lowest BCUT2D eigenvalue weighted by atomic mass is 10.3. The first-order valence-corrected chi connectivity index (χ1v) is 7.36. The van der Waals surface area contributed by atoms with E-state index in [1.54, 1.807) is 24.3 Å². The van der Waals surface area contributed by atoms with Gasteiger partial charge in [0.15, 0.2) is 6.61 Å². The van der Waals surface area contributed by atoms with Gasteiger partial charge in [0.05, 0.1) is 5.69 Å². The zero-order valence-corrected chi connectivity index (χ0v) is 13.6. The lowest BCUT2D eigenvalue weighted by molar-refractivity contribution is -0.118. The van der Waals surface area contributed by atoms with E-state index >= 15 is 0 Å². The molecule has 0 fully saturated rings. The number of ether oxygens (including phenoxy) is 1. The van der Waals surface area contributed by atoms with Crippen LogP contribution in [0.15, 0.2) is 51.4 Å². The highest BCUT2D eigenvalue weighted by molar-refractivity contribution is 9.10. The zero-order valence-electron chi connectivity index (χ0n) is 10.4. The molecule has 2 aromatic carbocycles. The minimum atomic E-state index is -0.240. The van der Waals surface area contributed by atoms with Crippen molar-refractivity contribution in [3.63, 3.8) is 0 Å². The second-order valence-corrected chi connectivity index (χ2v) is 5.81. The number of anilines is 2. The van der Waals surface area contributed by atoms with E-state index in [1.807, 2.05) is 18.2 Å². The summed E-state index contributed by atoms with van der Waals surface area (Å²) in [5.41, 5.74) is 6.97. The molecule has 6 heteroatoms. The first kappa shape index (κ1) is 14.9. The number of rotatable bonds is 4. The zero-order chi connectivity index (χ0) is 14.5. The third-order valence-electron chi connectivity index (χ3n) is 2.41. The number of nitrogens with one attached hydrogen (secondary N) is 1. The van der Waals surface area contributed by atoms with E-state index in [0.29, 0.717) is 17.1 Å². The van der Waals surface area contributed by atoms with Gasteiger partial charge in [0.1, 0.15) is 5.75 Å². The number of nitrogen functional groups attached to an aromatic ring is 1. The van der Waals surface area contributed by atoms with Gasteiger partial charge in [0, 0.05) is 20.7 Å². The van der Waals surface area contributed by atoms with Crippen LogP contribution in [0.3, 0.4) is 0 Å². The van der Waals surface area contributed by atoms with Gasteiger partial charge < -0.3 is 15.8 Å². The molecule has 1 amide bonds. The van der Waals surface area contributed by atoms with Crippen molar-refractivity contribution in [1.29, 1.82) is 0 Å². The summed E-state index contributed by atoms with van der Waals surface area (Å²) >= 11 is 6.68. The average Bonchev–Trinajstić information content (AvgIpc) is 2.38. The van der Waals surface area contributed by atoms with Gasteiger partial charge in [-0.1, -0.05) is 28.1 Å². The van der Waals surface area contributed by atoms with E-state index in [4.69, 9.17) is 10.5 Å². The molecule has 2 rings (SSSR count). The van der Waals surface area contributed by atoms with Crippen molar-refractivity contribution < 1.29 is 9.53 Å². The molecule has 0 saturated carbocycles. The number of para-hydroxylation sites is 1. The molecule has 4 nitrogen and oxygen atoms in total. The molecule has 20 heavy (non-hydrogen) atoms. The fraction of sp³-hybridized carbons (Fsp3) is 0.0714. The molecular formula is C14H12Br2N2O2. The number of carbonyl (C=O) groups excluding carboxylic acids is 1. The summed E-state index contributed by atoms with van der Waals surface area (Å²) in [5.74, 6) is 0.301. The molecular weight excluding hydrogens is 388 g/mol. The minimum Gasteiger partial charge on any atom is -0.484 e. The van der Waals surface area contributed by atoms with Crippen LogP contribution in [0.1, 0.15) is 0 Å². The number of amides is 1. The molecule has 0 aliphatic rings. The van der Waals surface area contributed by atoms with E-state index in [-0.39, 0.29) is 12.5 Å². The van der Waals surface area contributed by atoms with E-state index in [2.05, 4.69) is 37.2 Å². The van der Waals surface area contributed by atoms with Gasteiger partial charge in [0.25, 0.3) is 5.91 Å². The van der Waals surface area contributed by atoms with Crippen molar-refractivity contribution in [3.8, 4) is 5.75 Å². The highest BCUT2D eigenvalue weighted by Crippen LogP contribution is 2.23. The summed E-state index contributed by atoms with van der Waals surface area (Å²) < 4.78 is 7.03. The van der Waals surface area contributed by atoms with E-state index < -0.39 is 0 Å². The van der Waals surface area contributed by atoms with Crippen molar-refractivity contribution in [1.82, 2.24) is 0 Å². The Bertz CT molecular complexity index is 612. The normalized spacial score (nSPS) is 10.1. The van der Waals surface area contributed by atoms with Crippen molar-refractivity contribution in [2.45, 2.75) is 0 Å². The van der Waals surface area contributed by atoms with Crippen LogP contribution in [0.5, 0.6) is 5.75 Å². The fourth-order valence-corrected chi connectivity index (χ4v) is 2.44. The summed E-state index contributed by atoms with van der Waals surface area (Å²) in [5, 5.41) is 2.76. The Kier molecular flexibility index (Phi) is 5.03. The summed E-state index contributed by atoms with van der Waals surface area (Å²) in [7, 11) is 0. The Morgan fingerprint density at radius 2 is 1.95 bits per heavy atom. The predicted octanol–water partition coefficient (Wildman–Crippen LogP) is 3.81. The van der Waals surface area contributed by atoms with Crippen LogP contribution in [0.2, 0.25) is 0 Å². The van der Waals surface area contributed by atoms with Crippen LogP contribution in [0.25, 0.3) is 0 Å². The van der Waals surface area contributed by atoms with Crippen LogP contribution in [-0.2, 0) is 4.79 Å². The molecule has 0 spiro atoms. The number of halogens is 2. The summed E-state index contributed by atoms with van der Waals surface area (Å²) in [6.45, 7) is -0.0861. The fourth-order valence-electron chi connectivity index (χ4n) is 1.57. The number of benzene rings is 2. The maximum Gasteiger partial charge on any atom is 0.262 e. The number of hydrogen-bond donors (Lipinski definition) is 2. The first-order chi connectivity index (χ1) is 9.54. The van der Waals surface area contributed by atoms with Crippen molar-refractivity contribution >= 4 is 49.1 Å². The highest BCUT2D eigenvalue weighted by atomic mass is 79.9. The minimum absolute atomic E-state index is 0.0861. The summed E-state index contributed by atoms with van der Waals surface area (Å²) in [4.78, 5) is 11.8. The Balaban J connectivity index is 1.94. The smallest absolute Gasteiger partial charge is 0.262 e. The van der Waals surface area contributed by atoms with Gasteiger partial charge in [-0.25, -0.2) is 0 Å². The lowest BCUT2D eigenvalue weighted by Gasteiger charge is -2.09. The van der Waals surface area contributed by atoms with E-state index in [9.17, 15) is 4.79 Å². The van der Waals surface area contributed by atoms with Gasteiger partial charge in [-0.15, -0.1) is 0 Å². The average molecular weight is 400 g/mol.